The van der Waals surface area contributed by atoms with Gasteiger partial charge in [0.15, 0.2) is 0 Å². The molecule has 1 N–H and O–H groups in total. The minimum Gasteiger partial charge on any atom is -0.370 e. The molecular formula is C16H15N3O6S. The monoisotopic (exact) mass is 377 g/mol. The number of nitro benzene ring substituents is 1. The standard InChI is InChI=1S/C16H15N3O6S/c20-16-11-25-9-8-18(16)13-6-4-12(5-7-13)17-26(23,24)15-3-1-2-14(10-15)19(21)22/h1-7,10,17H,8-9,11H2. The fourth-order valence-corrected chi connectivity index (χ4v) is 3.58. The highest BCUT2D eigenvalue weighted by Gasteiger charge is 2.21. The minimum atomic E-state index is -3.97. The first kappa shape index (κ1) is 17.8. The molecule has 3 rings (SSSR count). The molecule has 0 saturated carbocycles. The van der Waals surface area contributed by atoms with E-state index in [1.54, 1.807) is 17.0 Å². The van der Waals surface area contributed by atoms with E-state index in [9.17, 15) is 23.3 Å². The van der Waals surface area contributed by atoms with E-state index in [2.05, 4.69) is 4.72 Å². The SMILES string of the molecule is O=C1COCCN1c1ccc(NS(=O)(=O)c2cccc([N+](=O)[O-])c2)cc1. The fourth-order valence-electron chi connectivity index (χ4n) is 2.48. The van der Waals surface area contributed by atoms with Crippen molar-refractivity contribution in [3.05, 3.63) is 58.6 Å². The van der Waals surface area contributed by atoms with Crippen LogP contribution in [0.2, 0.25) is 0 Å². The van der Waals surface area contributed by atoms with Gasteiger partial charge in [0.1, 0.15) is 6.61 Å². The van der Waals surface area contributed by atoms with E-state index < -0.39 is 14.9 Å². The number of hydrogen-bond donors (Lipinski definition) is 1. The third-order valence-corrected chi connectivity index (χ3v) is 5.13. The van der Waals surface area contributed by atoms with E-state index >= 15 is 0 Å². The molecule has 136 valence electrons. The van der Waals surface area contributed by atoms with Crippen molar-refractivity contribution in [2.45, 2.75) is 4.90 Å². The maximum Gasteiger partial charge on any atom is 0.270 e. The van der Waals surface area contributed by atoms with Crippen LogP contribution in [0.3, 0.4) is 0 Å². The maximum absolute atomic E-state index is 12.4. The van der Waals surface area contributed by atoms with E-state index in [4.69, 9.17) is 4.74 Å². The predicted molar refractivity (Wildman–Crippen MR) is 93.5 cm³/mol. The number of anilines is 2. The predicted octanol–water partition coefficient (Wildman–Crippen LogP) is 1.76. The highest BCUT2D eigenvalue weighted by molar-refractivity contribution is 7.92. The Balaban J connectivity index is 1.79. The van der Waals surface area contributed by atoms with Crippen LogP contribution < -0.4 is 9.62 Å². The summed E-state index contributed by atoms with van der Waals surface area (Å²) >= 11 is 0. The first-order valence-electron chi connectivity index (χ1n) is 7.62. The number of ether oxygens (including phenoxy) is 1. The van der Waals surface area contributed by atoms with Gasteiger partial charge in [0.25, 0.3) is 21.6 Å². The molecule has 9 nitrogen and oxygen atoms in total. The van der Waals surface area contributed by atoms with Gasteiger partial charge in [-0.2, -0.15) is 0 Å². The van der Waals surface area contributed by atoms with Crippen molar-refractivity contribution in [3.63, 3.8) is 0 Å². The van der Waals surface area contributed by atoms with Crippen molar-refractivity contribution in [3.8, 4) is 0 Å². The third-order valence-electron chi connectivity index (χ3n) is 3.76. The average Bonchev–Trinajstić information content (AvgIpc) is 2.63. The number of benzene rings is 2. The van der Waals surface area contributed by atoms with Crippen LogP contribution in [-0.4, -0.2) is 39.0 Å². The van der Waals surface area contributed by atoms with Crippen LogP contribution in [0.15, 0.2) is 53.4 Å². The molecule has 1 heterocycles. The van der Waals surface area contributed by atoms with E-state index in [1.807, 2.05) is 0 Å². The molecule has 1 aliphatic heterocycles. The number of sulfonamides is 1. The molecule has 2 aromatic rings. The lowest BCUT2D eigenvalue weighted by atomic mass is 10.2. The number of non-ortho nitro benzene ring substituents is 1. The molecule has 0 bridgehead atoms. The summed E-state index contributed by atoms with van der Waals surface area (Å²) in [7, 11) is -3.97. The Morgan fingerprint density at radius 2 is 1.88 bits per heavy atom. The van der Waals surface area contributed by atoms with Crippen LogP contribution in [-0.2, 0) is 19.6 Å². The number of carbonyl (C=O) groups excluding carboxylic acids is 1. The van der Waals surface area contributed by atoms with Gasteiger partial charge in [-0.3, -0.25) is 19.6 Å². The molecule has 26 heavy (non-hydrogen) atoms. The number of morpholine rings is 1. The summed E-state index contributed by atoms with van der Waals surface area (Å²) in [5, 5.41) is 10.8. The van der Waals surface area contributed by atoms with Gasteiger partial charge in [-0.1, -0.05) is 6.07 Å². The molecule has 1 aliphatic rings. The Morgan fingerprint density at radius 1 is 1.15 bits per heavy atom. The number of amides is 1. The van der Waals surface area contributed by atoms with Gasteiger partial charge in [0.05, 0.1) is 16.4 Å². The van der Waals surface area contributed by atoms with Crippen LogP contribution in [0.4, 0.5) is 17.1 Å². The largest absolute Gasteiger partial charge is 0.370 e. The van der Waals surface area contributed by atoms with E-state index in [0.29, 0.717) is 18.8 Å². The summed E-state index contributed by atoms with van der Waals surface area (Å²) in [5.74, 6) is -0.166. The first-order valence-corrected chi connectivity index (χ1v) is 9.10. The summed E-state index contributed by atoms with van der Waals surface area (Å²) in [4.78, 5) is 23.3. The normalized spacial score (nSPS) is 14.9. The fraction of sp³-hybridized carbons (Fsp3) is 0.188. The molecule has 0 radical (unpaired) electrons. The van der Waals surface area contributed by atoms with Crippen molar-refractivity contribution in [1.82, 2.24) is 0 Å². The maximum atomic E-state index is 12.4. The summed E-state index contributed by atoms with van der Waals surface area (Å²) in [5.41, 5.74) is 0.603. The number of carbonyl (C=O) groups is 1. The van der Waals surface area contributed by atoms with Crippen molar-refractivity contribution in [2.24, 2.45) is 0 Å². The van der Waals surface area contributed by atoms with Gasteiger partial charge < -0.3 is 9.64 Å². The van der Waals surface area contributed by atoms with Gasteiger partial charge >= 0.3 is 0 Å². The Labute approximate surface area is 149 Å². The summed E-state index contributed by atoms with van der Waals surface area (Å²) in [6, 6.07) is 11.1. The Morgan fingerprint density at radius 3 is 2.54 bits per heavy atom. The van der Waals surface area contributed by atoms with Crippen molar-refractivity contribution < 1.29 is 22.9 Å². The van der Waals surface area contributed by atoms with Crippen LogP contribution in [0.1, 0.15) is 0 Å². The molecule has 0 spiro atoms. The topological polar surface area (TPSA) is 119 Å². The molecule has 0 aliphatic carbocycles. The van der Waals surface area contributed by atoms with Gasteiger partial charge in [-0.15, -0.1) is 0 Å². The highest BCUT2D eigenvalue weighted by Crippen LogP contribution is 2.23. The molecule has 10 heteroatoms. The van der Waals surface area contributed by atoms with E-state index in [0.717, 1.165) is 6.07 Å². The van der Waals surface area contributed by atoms with Crippen molar-refractivity contribution in [1.29, 1.82) is 0 Å². The summed E-state index contributed by atoms with van der Waals surface area (Å²) < 4.78 is 32.2. The Hall–Kier alpha value is -2.98. The minimum absolute atomic E-state index is 0.0150. The molecule has 1 amide bonds. The van der Waals surface area contributed by atoms with Crippen molar-refractivity contribution in [2.75, 3.05) is 29.4 Å². The Bertz CT molecular complexity index is 943. The first-order chi connectivity index (χ1) is 12.4. The zero-order valence-electron chi connectivity index (χ0n) is 13.5. The number of nitrogens with zero attached hydrogens (tertiary/aromatic N) is 2. The second-order valence-corrected chi connectivity index (χ2v) is 7.19. The molecule has 1 saturated heterocycles. The molecular weight excluding hydrogens is 362 g/mol. The lowest BCUT2D eigenvalue weighted by Gasteiger charge is -2.26. The summed E-state index contributed by atoms with van der Waals surface area (Å²) in [6.07, 6.45) is 0. The van der Waals surface area contributed by atoms with E-state index in [1.165, 1.54) is 30.3 Å². The number of nitrogens with one attached hydrogen (secondary N) is 1. The van der Waals surface area contributed by atoms with Crippen LogP contribution in [0.5, 0.6) is 0 Å². The third kappa shape index (κ3) is 3.81. The lowest BCUT2D eigenvalue weighted by Crippen LogP contribution is -2.41. The smallest absolute Gasteiger partial charge is 0.270 e. The second kappa shape index (κ2) is 7.10. The van der Waals surface area contributed by atoms with Crippen LogP contribution in [0, 0.1) is 10.1 Å². The average molecular weight is 377 g/mol. The molecule has 0 unspecified atom stereocenters. The molecule has 1 fully saturated rings. The van der Waals surface area contributed by atoms with Crippen LogP contribution in [0.25, 0.3) is 0 Å². The van der Waals surface area contributed by atoms with Gasteiger partial charge in [0.2, 0.25) is 0 Å². The second-order valence-electron chi connectivity index (χ2n) is 5.50. The van der Waals surface area contributed by atoms with Gasteiger partial charge in [-0.05, 0) is 30.3 Å². The molecule has 0 aromatic heterocycles. The zero-order valence-corrected chi connectivity index (χ0v) is 14.3. The lowest BCUT2D eigenvalue weighted by molar-refractivity contribution is -0.385. The zero-order chi connectivity index (χ0) is 18.7. The van der Waals surface area contributed by atoms with Crippen molar-refractivity contribution >= 4 is 33.0 Å². The Kier molecular flexibility index (Phi) is 4.87. The van der Waals surface area contributed by atoms with Gasteiger partial charge in [0, 0.05) is 30.1 Å². The number of rotatable bonds is 5. The number of nitro groups is 1. The highest BCUT2D eigenvalue weighted by atomic mass is 32.2. The van der Waals surface area contributed by atoms with Crippen LogP contribution >= 0.6 is 0 Å². The number of hydrogen-bond acceptors (Lipinski definition) is 6. The quantitative estimate of drug-likeness (QED) is 0.626. The molecule has 0 atom stereocenters. The van der Waals surface area contributed by atoms with Gasteiger partial charge in [-0.25, -0.2) is 8.42 Å². The summed E-state index contributed by atoms with van der Waals surface area (Å²) in [6.45, 7) is 0.881. The van der Waals surface area contributed by atoms with E-state index in [-0.39, 0.29) is 28.8 Å². The molecule has 2 aromatic carbocycles.